The van der Waals surface area contributed by atoms with Crippen LogP contribution in [0.1, 0.15) is 39.2 Å². The summed E-state index contributed by atoms with van der Waals surface area (Å²) in [6.07, 6.45) is 2.49. The van der Waals surface area contributed by atoms with Crippen LogP contribution < -0.4 is 10.1 Å². The number of benzene rings is 1. The van der Waals surface area contributed by atoms with Gasteiger partial charge in [0.25, 0.3) is 0 Å². The molecule has 0 spiro atoms. The summed E-state index contributed by atoms with van der Waals surface area (Å²) in [5, 5.41) is 18.4. The van der Waals surface area contributed by atoms with Gasteiger partial charge in [-0.05, 0) is 57.1 Å². The van der Waals surface area contributed by atoms with Crippen LogP contribution in [0.2, 0.25) is 0 Å². The van der Waals surface area contributed by atoms with Gasteiger partial charge < -0.3 is 25.2 Å². The molecule has 148 valence electrons. The lowest BCUT2D eigenvalue weighted by Crippen LogP contribution is -2.28. The average Bonchev–Trinajstić information content (AvgIpc) is 2.64. The van der Waals surface area contributed by atoms with E-state index >= 15 is 0 Å². The highest BCUT2D eigenvalue weighted by Crippen LogP contribution is 2.11. The van der Waals surface area contributed by atoms with Gasteiger partial charge in [-0.2, -0.15) is 0 Å². The largest absolute Gasteiger partial charge is 0.497 e. The van der Waals surface area contributed by atoms with Crippen molar-refractivity contribution in [2.75, 3.05) is 26.7 Å². The molecule has 1 aromatic carbocycles. The normalized spacial score (nSPS) is 11.4. The van der Waals surface area contributed by atoms with Crippen LogP contribution in [0.25, 0.3) is 0 Å². The second-order valence-corrected chi connectivity index (χ2v) is 5.91. The molecule has 0 aliphatic heterocycles. The third-order valence-corrected chi connectivity index (χ3v) is 4.00. The van der Waals surface area contributed by atoms with E-state index in [4.69, 9.17) is 24.5 Å². The second kappa shape index (κ2) is 14.1. The fourth-order valence-electron chi connectivity index (χ4n) is 2.30. The smallest absolute Gasteiger partial charge is 0.414 e. The van der Waals surface area contributed by atoms with Gasteiger partial charge in [-0.3, -0.25) is 0 Å². The lowest BCUT2D eigenvalue weighted by molar-refractivity contribution is -0.159. The van der Waals surface area contributed by atoms with Crippen molar-refractivity contribution in [3.63, 3.8) is 0 Å². The number of carbonyl (C=O) groups is 2. The molecule has 1 unspecified atom stereocenters. The van der Waals surface area contributed by atoms with E-state index in [2.05, 4.69) is 43.1 Å². The van der Waals surface area contributed by atoms with Gasteiger partial charge in [0.05, 0.1) is 7.11 Å². The van der Waals surface area contributed by atoms with Gasteiger partial charge in [0, 0.05) is 12.6 Å². The molecule has 1 atom stereocenters. The summed E-state index contributed by atoms with van der Waals surface area (Å²) in [6, 6.07) is 8.83. The standard InChI is InChI=1S/C17H30N2O.C2H2O4/c1-5-19(6-2)13-7-8-15(3)18-14-16-9-11-17(20-4)12-10-16;3-1(4)2(5)6/h9-12,15,18H,5-8,13-14H2,1-4H3;(H,3,4)(H,5,6). The van der Waals surface area contributed by atoms with Crippen LogP contribution >= 0.6 is 0 Å². The zero-order chi connectivity index (χ0) is 19.9. The first kappa shape index (κ1) is 23.9. The van der Waals surface area contributed by atoms with Gasteiger partial charge in [0.15, 0.2) is 0 Å². The molecule has 0 radical (unpaired) electrons. The summed E-state index contributed by atoms with van der Waals surface area (Å²) in [5.74, 6) is -2.73. The zero-order valence-electron chi connectivity index (χ0n) is 16.2. The number of hydrogen-bond donors (Lipinski definition) is 3. The topological polar surface area (TPSA) is 99.1 Å². The van der Waals surface area contributed by atoms with Gasteiger partial charge in [0.1, 0.15) is 5.75 Å². The van der Waals surface area contributed by atoms with Crippen molar-refractivity contribution in [2.45, 2.75) is 46.2 Å². The van der Waals surface area contributed by atoms with E-state index in [1.54, 1.807) is 7.11 Å². The van der Waals surface area contributed by atoms with Gasteiger partial charge in [-0.25, -0.2) is 9.59 Å². The molecule has 0 fully saturated rings. The molecule has 7 nitrogen and oxygen atoms in total. The van der Waals surface area contributed by atoms with Crippen molar-refractivity contribution in [2.24, 2.45) is 0 Å². The Morgan fingerprint density at radius 3 is 2.08 bits per heavy atom. The van der Waals surface area contributed by atoms with Gasteiger partial charge in [-0.15, -0.1) is 0 Å². The Kier molecular flexibility index (Phi) is 12.9. The fourth-order valence-corrected chi connectivity index (χ4v) is 2.30. The molecule has 1 rings (SSSR count). The average molecular weight is 368 g/mol. The Labute approximate surface area is 156 Å². The number of nitrogens with one attached hydrogen (secondary N) is 1. The number of aliphatic carboxylic acids is 2. The maximum absolute atomic E-state index is 9.10. The van der Waals surface area contributed by atoms with Crippen LogP contribution in [0.5, 0.6) is 5.75 Å². The molecule has 0 saturated carbocycles. The Morgan fingerprint density at radius 2 is 1.65 bits per heavy atom. The first-order chi connectivity index (χ1) is 12.3. The molecule has 0 aromatic heterocycles. The SMILES string of the molecule is CCN(CC)CCCC(C)NCc1ccc(OC)cc1.O=C(O)C(=O)O. The predicted molar refractivity (Wildman–Crippen MR) is 102 cm³/mol. The minimum atomic E-state index is -1.82. The minimum absolute atomic E-state index is 0.563. The molecule has 0 aliphatic carbocycles. The highest BCUT2D eigenvalue weighted by Gasteiger charge is 2.04. The van der Waals surface area contributed by atoms with E-state index in [1.807, 2.05) is 12.1 Å². The molecule has 3 N–H and O–H groups in total. The zero-order valence-corrected chi connectivity index (χ0v) is 16.2. The van der Waals surface area contributed by atoms with Gasteiger partial charge >= 0.3 is 11.9 Å². The predicted octanol–water partition coefficient (Wildman–Crippen LogP) is 2.45. The van der Waals surface area contributed by atoms with Crippen molar-refractivity contribution in [1.29, 1.82) is 0 Å². The fraction of sp³-hybridized carbons (Fsp3) is 0.579. The molecule has 26 heavy (non-hydrogen) atoms. The Hall–Kier alpha value is -2.12. The molecule has 0 aliphatic rings. The molecule has 0 bridgehead atoms. The van der Waals surface area contributed by atoms with Crippen molar-refractivity contribution >= 4 is 11.9 Å². The Bertz CT molecular complexity index is 503. The number of ether oxygens (including phenoxy) is 1. The first-order valence-corrected chi connectivity index (χ1v) is 8.88. The molecule has 7 heteroatoms. The van der Waals surface area contributed by atoms with Crippen LogP contribution in [0.15, 0.2) is 24.3 Å². The van der Waals surface area contributed by atoms with E-state index in [1.165, 1.54) is 24.9 Å². The number of nitrogens with zero attached hydrogens (tertiary/aromatic N) is 1. The van der Waals surface area contributed by atoms with Crippen LogP contribution in [-0.4, -0.2) is 59.8 Å². The summed E-state index contributed by atoms with van der Waals surface area (Å²) in [6.45, 7) is 11.2. The van der Waals surface area contributed by atoms with Crippen LogP contribution in [0.3, 0.4) is 0 Å². The number of methoxy groups -OCH3 is 1. The quantitative estimate of drug-likeness (QED) is 0.546. The van der Waals surface area contributed by atoms with E-state index < -0.39 is 11.9 Å². The van der Waals surface area contributed by atoms with Crippen molar-refractivity contribution < 1.29 is 24.5 Å². The molecule has 0 heterocycles. The number of rotatable bonds is 10. The van der Waals surface area contributed by atoms with Crippen molar-refractivity contribution in [3.05, 3.63) is 29.8 Å². The summed E-state index contributed by atoms with van der Waals surface area (Å²) in [4.78, 5) is 20.7. The Balaban J connectivity index is 0.000000896. The number of carboxylic acid groups (broad SMARTS) is 2. The molecule has 1 aromatic rings. The summed E-state index contributed by atoms with van der Waals surface area (Å²) in [7, 11) is 1.70. The lowest BCUT2D eigenvalue weighted by atomic mass is 10.1. The maximum Gasteiger partial charge on any atom is 0.414 e. The van der Waals surface area contributed by atoms with Crippen molar-refractivity contribution in [1.82, 2.24) is 10.2 Å². The van der Waals surface area contributed by atoms with Crippen molar-refractivity contribution in [3.8, 4) is 5.75 Å². The van der Waals surface area contributed by atoms with E-state index in [0.717, 1.165) is 25.4 Å². The summed E-state index contributed by atoms with van der Waals surface area (Å²) < 4.78 is 5.17. The van der Waals surface area contributed by atoms with Crippen LogP contribution in [-0.2, 0) is 16.1 Å². The lowest BCUT2D eigenvalue weighted by Gasteiger charge is -2.19. The van der Waals surface area contributed by atoms with Crippen LogP contribution in [0, 0.1) is 0 Å². The summed E-state index contributed by atoms with van der Waals surface area (Å²) in [5.41, 5.74) is 1.31. The molecule has 0 saturated heterocycles. The molecular weight excluding hydrogens is 336 g/mol. The third kappa shape index (κ3) is 11.4. The molecular formula is C19H32N2O5. The van der Waals surface area contributed by atoms with E-state index in [-0.39, 0.29) is 0 Å². The third-order valence-electron chi connectivity index (χ3n) is 4.00. The van der Waals surface area contributed by atoms with E-state index in [0.29, 0.717) is 6.04 Å². The first-order valence-electron chi connectivity index (χ1n) is 8.88. The Morgan fingerprint density at radius 1 is 1.12 bits per heavy atom. The summed E-state index contributed by atoms with van der Waals surface area (Å²) >= 11 is 0. The maximum atomic E-state index is 9.10. The number of carboxylic acids is 2. The molecule has 0 amide bonds. The van der Waals surface area contributed by atoms with Gasteiger partial charge in [-0.1, -0.05) is 26.0 Å². The monoisotopic (exact) mass is 368 g/mol. The van der Waals surface area contributed by atoms with E-state index in [9.17, 15) is 0 Å². The number of hydrogen-bond acceptors (Lipinski definition) is 5. The second-order valence-electron chi connectivity index (χ2n) is 5.91. The van der Waals surface area contributed by atoms with Crippen LogP contribution in [0.4, 0.5) is 0 Å². The highest BCUT2D eigenvalue weighted by atomic mass is 16.5. The van der Waals surface area contributed by atoms with Gasteiger partial charge in [0.2, 0.25) is 0 Å². The highest BCUT2D eigenvalue weighted by molar-refractivity contribution is 6.27. The minimum Gasteiger partial charge on any atom is -0.497 e.